The summed E-state index contributed by atoms with van der Waals surface area (Å²) in [5.41, 5.74) is 4.60. The number of methoxy groups -OCH3 is 1. The number of carbonyl (C=O) groups is 4. The zero-order chi connectivity index (χ0) is 34.2. The molecular weight excluding hydrogens is 610 g/mol. The summed E-state index contributed by atoms with van der Waals surface area (Å²) in [6, 6.07) is 17.4. The van der Waals surface area contributed by atoms with Crippen LogP contribution in [0.3, 0.4) is 0 Å². The second kappa shape index (κ2) is 15.1. The number of anilines is 2. The molecule has 2 aliphatic rings. The molecule has 0 fully saturated rings. The normalized spacial score (nSPS) is 10.7. The third-order valence-electron chi connectivity index (χ3n) is 7.13. The average Bonchev–Trinajstić information content (AvgIpc) is 3.02. The number of hydrogen-bond donors (Lipinski definition) is 0. The maximum Gasteiger partial charge on any atom is 0.328 e. The Kier molecular flexibility index (Phi) is 11.0. The van der Waals surface area contributed by atoms with Gasteiger partial charge in [0, 0.05) is 62.3 Å². The van der Waals surface area contributed by atoms with Gasteiger partial charge in [0.25, 0.3) is 0 Å². The van der Waals surface area contributed by atoms with Gasteiger partial charge in [-0.25, -0.2) is 4.58 Å². The molecule has 1 aliphatic carbocycles. The first-order valence-corrected chi connectivity index (χ1v) is 14.6. The van der Waals surface area contributed by atoms with E-state index in [1.165, 1.54) is 25.9 Å². The van der Waals surface area contributed by atoms with Gasteiger partial charge >= 0.3 is 23.9 Å². The van der Waals surface area contributed by atoms with E-state index in [-0.39, 0.29) is 0 Å². The first-order chi connectivity index (χ1) is 22.4. The SMILES string of the molecule is COc1cc(-c2c3ccc(=[N+](C)C)cc-3oc3cc(N(C)C)ccc23)ccc1N(CC(=O)OCOC(C)=O)CC(=O)OCOC(C)=O. The van der Waals surface area contributed by atoms with Crippen molar-refractivity contribution in [2.75, 3.05) is 71.8 Å². The summed E-state index contributed by atoms with van der Waals surface area (Å²) < 4.78 is 33.6. The van der Waals surface area contributed by atoms with Crippen LogP contribution in [0.25, 0.3) is 33.4 Å². The summed E-state index contributed by atoms with van der Waals surface area (Å²) >= 11 is 0. The Balaban J connectivity index is 1.81. The van der Waals surface area contributed by atoms with E-state index in [1.807, 2.05) is 86.2 Å². The molecule has 1 aliphatic heterocycles. The number of esters is 4. The van der Waals surface area contributed by atoms with Crippen LogP contribution >= 0.6 is 0 Å². The van der Waals surface area contributed by atoms with Gasteiger partial charge in [0.1, 0.15) is 44.3 Å². The van der Waals surface area contributed by atoms with Crippen molar-refractivity contribution in [3.8, 4) is 28.2 Å². The molecule has 47 heavy (non-hydrogen) atoms. The van der Waals surface area contributed by atoms with Crippen molar-refractivity contribution in [1.82, 2.24) is 4.58 Å². The standard InChI is InChI=1S/C34H38N3O10/c1-21(38)43-19-45-32(40)17-37(18-33(41)46-20-44-22(2)39)28-13-8-23(14-31(28)42-7)34-26-11-9-24(35(3)4)15-29(26)47-30-16-25(36(5)6)10-12-27(30)34/h8-16H,17-20H2,1-7H3/q+1. The highest BCUT2D eigenvalue weighted by atomic mass is 16.7. The summed E-state index contributed by atoms with van der Waals surface area (Å²) in [6.45, 7) is 0.355. The number of nitrogens with zero attached hydrogens (tertiary/aromatic N) is 3. The molecule has 248 valence electrons. The first kappa shape index (κ1) is 34.3. The van der Waals surface area contributed by atoms with Gasteiger partial charge in [0.2, 0.25) is 18.9 Å². The smallest absolute Gasteiger partial charge is 0.328 e. The highest BCUT2D eigenvalue weighted by Gasteiger charge is 2.24. The highest BCUT2D eigenvalue weighted by molar-refractivity contribution is 6.03. The summed E-state index contributed by atoms with van der Waals surface area (Å²) in [5.74, 6) is -1.76. The van der Waals surface area contributed by atoms with Gasteiger partial charge in [-0.1, -0.05) is 6.07 Å². The van der Waals surface area contributed by atoms with E-state index in [2.05, 4.69) is 0 Å². The van der Waals surface area contributed by atoms with E-state index in [9.17, 15) is 19.2 Å². The van der Waals surface area contributed by atoms with E-state index < -0.39 is 50.6 Å². The quantitative estimate of drug-likeness (QED) is 0.0965. The largest absolute Gasteiger partial charge is 0.495 e. The molecule has 2 aromatic rings. The minimum absolute atomic E-state index is 0.347. The van der Waals surface area contributed by atoms with Crippen molar-refractivity contribution >= 4 is 46.2 Å². The first-order valence-electron chi connectivity index (χ1n) is 14.6. The lowest BCUT2D eigenvalue weighted by molar-refractivity contribution is -0.165. The Hall–Kier alpha value is -5.59. The fraction of sp³-hybridized carbons (Fsp3) is 0.324. The zero-order valence-electron chi connectivity index (χ0n) is 27.4. The van der Waals surface area contributed by atoms with Crippen LogP contribution < -0.4 is 24.5 Å². The lowest BCUT2D eigenvalue weighted by atomic mass is 9.93. The summed E-state index contributed by atoms with van der Waals surface area (Å²) in [6.07, 6.45) is 0. The van der Waals surface area contributed by atoms with Gasteiger partial charge in [-0.05, 0) is 35.9 Å². The Morgan fingerprint density at radius 1 is 0.787 bits per heavy atom. The summed E-state index contributed by atoms with van der Waals surface area (Å²) in [5, 5.41) is 1.84. The lowest BCUT2D eigenvalue weighted by Crippen LogP contribution is -2.37. The Morgan fingerprint density at radius 3 is 1.98 bits per heavy atom. The molecule has 0 radical (unpaired) electrons. The molecule has 0 aromatic heterocycles. The summed E-state index contributed by atoms with van der Waals surface area (Å²) in [4.78, 5) is 51.0. The Morgan fingerprint density at radius 2 is 1.43 bits per heavy atom. The zero-order valence-corrected chi connectivity index (χ0v) is 27.4. The van der Waals surface area contributed by atoms with Crippen molar-refractivity contribution in [3.05, 3.63) is 60.0 Å². The van der Waals surface area contributed by atoms with Gasteiger partial charge in [-0.3, -0.25) is 19.2 Å². The van der Waals surface area contributed by atoms with Gasteiger partial charge in [0.05, 0.1) is 18.9 Å². The molecule has 2 aromatic carbocycles. The molecule has 13 nitrogen and oxygen atoms in total. The highest BCUT2D eigenvalue weighted by Crippen LogP contribution is 2.43. The second-order valence-electron chi connectivity index (χ2n) is 10.9. The van der Waals surface area contributed by atoms with Crippen molar-refractivity contribution in [3.63, 3.8) is 0 Å². The van der Waals surface area contributed by atoms with Crippen LogP contribution in [0.5, 0.6) is 5.75 Å². The average molecular weight is 649 g/mol. The third kappa shape index (κ3) is 8.57. The van der Waals surface area contributed by atoms with Gasteiger partial charge in [-0.2, -0.15) is 0 Å². The molecule has 0 saturated heterocycles. The second-order valence-corrected chi connectivity index (χ2v) is 10.9. The molecule has 0 N–H and O–H groups in total. The van der Waals surface area contributed by atoms with Crippen molar-refractivity contribution in [1.29, 1.82) is 0 Å². The number of carbonyl (C=O) groups excluding carboxylic acids is 4. The van der Waals surface area contributed by atoms with Crippen LogP contribution in [0.2, 0.25) is 0 Å². The molecule has 0 atom stereocenters. The topological polar surface area (TPSA) is 137 Å². The van der Waals surface area contributed by atoms with Crippen LogP contribution in [0, 0.1) is 0 Å². The van der Waals surface area contributed by atoms with E-state index in [1.54, 1.807) is 6.07 Å². The van der Waals surface area contributed by atoms with E-state index >= 15 is 0 Å². The molecule has 0 bridgehead atoms. The predicted molar refractivity (Wildman–Crippen MR) is 174 cm³/mol. The van der Waals surface area contributed by atoms with Crippen molar-refractivity contribution < 1.29 is 47.3 Å². The maximum atomic E-state index is 12.7. The molecule has 0 unspecified atom stereocenters. The number of benzene rings is 3. The lowest BCUT2D eigenvalue weighted by Gasteiger charge is -2.25. The summed E-state index contributed by atoms with van der Waals surface area (Å²) in [7, 11) is 9.31. The van der Waals surface area contributed by atoms with Gasteiger partial charge < -0.3 is 37.9 Å². The van der Waals surface area contributed by atoms with E-state index in [0.29, 0.717) is 22.8 Å². The van der Waals surface area contributed by atoms with Crippen LogP contribution in [0.15, 0.2) is 59.0 Å². The van der Waals surface area contributed by atoms with Gasteiger partial charge in [0.15, 0.2) is 0 Å². The molecule has 0 spiro atoms. The Labute approximate surface area is 271 Å². The molecule has 1 heterocycles. The van der Waals surface area contributed by atoms with Gasteiger partial charge in [-0.15, -0.1) is 0 Å². The number of fused-ring (bicyclic) bond motifs is 2. The van der Waals surface area contributed by atoms with Crippen molar-refractivity contribution in [2.24, 2.45) is 0 Å². The van der Waals surface area contributed by atoms with E-state index in [4.69, 9.17) is 28.1 Å². The van der Waals surface area contributed by atoms with Crippen LogP contribution in [-0.2, 0) is 38.1 Å². The number of ether oxygens (including phenoxy) is 5. The van der Waals surface area contributed by atoms with Crippen LogP contribution in [0.1, 0.15) is 13.8 Å². The molecule has 0 saturated carbocycles. The minimum Gasteiger partial charge on any atom is -0.495 e. The Bertz CT molecular complexity index is 1810. The van der Waals surface area contributed by atoms with Crippen LogP contribution in [-0.4, -0.2) is 85.9 Å². The molecule has 4 rings (SSSR count). The number of hydrogen-bond acceptors (Lipinski definition) is 12. The monoisotopic (exact) mass is 648 g/mol. The molecular formula is C34H38N3O10+. The van der Waals surface area contributed by atoms with Crippen LogP contribution in [0.4, 0.5) is 11.4 Å². The minimum atomic E-state index is -0.778. The number of rotatable bonds is 12. The molecule has 0 amide bonds. The fourth-order valence-corrected chi connectivity index (χ4v) is 4.81. The maximum absolute atomic E-state index is 12.7. The predicted octanol–water partition coefficient (Wildman–Crippen LogP) is 3.25. The van der Waals surface area contributed by atoms with E-state index in [0.717, 1.165) is 33.1 Å². The van der Waals surface area contributed by atoms with Crippen molar-refractivity contribution in [2.45, 2.75) is 13.8 Å². The third-order valence-corrected chi connectivity index (χ3v) is 7.13. The molecule has 13 heteroatoms. The fourth-order valence-electron chi connectivity index (χ4n) is 4.81.